The van der Waals surface area contributed by atoms with E-state index in [4.69, 9.17) is 0 Å². The Morgan fingerprint density at radius 1 is 1.22 bits per heavy atom. The summed E-state index contributed by atoms with van der Waals surface area (Å²) in [5, 5.41) is 3.97. The Kier molecular flexibility index (Phi) is 0.773. The lowest BCUT2D eigenvalue weighted by Crippen LogP contribution is -1.83. The van der Waals surface area contributed by atoms with E-state index in [0.29, 0.717) is 0 Å². The van der Waals surface area contributed by atoms with Crippen molar-refractivity contribution in [3.05, 3.63) is 18.5 Å². The lowest BCUT2D eigenvalue weighted by atomic mass is 10.4. The lowest BCUT2D eigenvalue weighted by molar-refractivity contribution is 1.28. The normalized spacial score (nSPS) is 12.9. The van der Waals surface area contributed by atoms with Crippen LogP contribution in [0.1, 0.15) is 0 Å². The zero-order chi connectivity index (χ0) is 6.10. The molecule has 0 N–H and O–H groups in total. The number of hydrogen-bond acceptors (Lipinski definition) is 2. The lowest BCUT2D eigenvalue weighted by Gasteiger charge is -1.89. The highest BCUT2D eigenvalue weighted by molar-refractivity contribution is 5.80. The third-order valence-corrected chi connectivity index (χ3v) is 1.17. The number of nitrogens with zero attached hydrogens (tertiary/aromatic N) is 3. The average molecular weight is 118 g/mol. The van der Waals surface area contributed by atoms with Crippen molar-refractivity contribution in [2.45, 2.75) is 0 Å². The molecule has 0 atom stereocenters. The van der Waals surface area contributed by atoms with Crippen molar-refractivity contribution >= 4 is 17.7 Å². The Balaban J connectivity index is 2.63. The molecule has 0 aromatic carbocycles. The summed E-state index contributed by atoms with van der Waals surface area (Å²) in [6.07, 6.45) is 4.94. The Hall–Kier alpha value is -1.38. The van der Waals surface area contributed by atoms with Crippen LogP contribution < -0.4 is 5.32 Å². The van der Waals surface area contributed by atoms with Crippen LogP contribution in [-0.2, 0) is 0 Å². The first-order chi connectivity index (χ1) is 4.47. The van der Waals surface area contributed by atoms with Gasteiger partial charge in [0.25, 0.3) is 0 Å². The number of aliphatic imine (C=N–C) groups is 1. The Labute approximate surface area is 52.5 Å². The topological polar surface area (TPSA) is 39.4 Å². The fourth-order valence-electron chi connectivity index (χ4n) is 0.741. The van der Waals surface area contributed by atoms with Gasteiger partial charge >= 0.3 is 0 Å². The van der Waals surface area contributed by atoms with Crippen LogP contribution in [-0.4, -0.2) is 11.3 Å². The first kappa shape index (κ1) is 4.49. The highest BCUT2D eigenvalue weighted by Gasteiger charge is 2.03. The quantitative estimate of drug-likeness (QED) is 0.500. The van der Waals surface area contributed by atoms with Gasteiger partial charge in [0.1, 0.15) is 12.0 Å². The van der Waals surface area contributed by atoms with Crippen LogP contribution in [0.5, 0.6) is 0 Å². The molecule has 0 amide bonds. The van der Waals surface area contributed by atoms with Gasteiger partial charge in [0.05, 0.1) is 11.9 Å². The summed E-state index contributed by atoms with van der Waals surface area (Å²) in [4.78, 5) is 7.83. The number of hydrogen-bond donors (Lipinski definition) is 0. The third kappa shape index (κ3) is 0.579. The molecule has 0 aliphatic carbocycles. The predicted molar refractivity (Wildman–Crippen MR) is 34.2 cm³/mol. The fraction of sp³-hybridized carbons (Fsp3) is 0. The molecule has 0 saturated carbocycles. The van der Waals surface area contributed by atoms with Crippen LogP contribution in [0.4, 0.5) is 11.4 Å². The van der Waals surface area contributed by atoms with Gasteiger partial charge in [0, 0.05) is 6.20 Å². The molecule has 1 aromatic heterocycles. The molecule has 9 heavy (non-hydrogen) atoms. The van der Waals surface area contributed by atoms with E-state index in [9.17, 15) is 0 Å². The second kappa shape index (κ2) is 1.55. The maximum atomic E-state index is 3.97. The van der Waals surface area contributed by atoms with Gasteiger partial charge in [-0.25, -0.2) is 10.3 Å². The predicted octanol–water partition coefficient (Wildman–Crippen LogP) is 0.991. The van der Waals surface area contributed by atoms with Gasteiger partial charge in [-0.05, 0) is 6.07 Å². The zero-order valence-corrected chi connectivity index (χ0v) is 4.65. The molecule has 0 saturated heterocycles. The summed E-state index contributed by atoms with van der Waals surface area (Å²) in [5.74, 6) is 0. The number of fused-ring (bicyclic) bond motifs is 1. The standard InChI is InChI=1S/C6H4N3/c1-2-7-3-6-5(1)8-4-9-6/h1-4H. The van der Waals surface area contributed by atoms with E-state index in [1.165, 1.54) is 6.34 Å². The molecule has 2 heterocycles. The Morgan fingerprint density at radius 2 is 2.22 bits per heavy atom. The van der Waals surface area contributed by atoms with Gasteiger partial charge in [-0.3, -0.25) is 4.98 Å². The number of rotatable bonds is 0. The summed E-state index contributed by atoms with van der Waals surface area (Å²) < 4.78 is 0. The minimum atomic E-state index is 0.859. The first-order valence-electron chi connectivity index (χ1n) is 2.64. The van der Waals surface area contributed by atoms with E-state index < -0.39 is 0 Å². The molecule has 0 unspecified atom stereocenters. The third-order valence-electron chi connectivity index (χ3n) is 1.17. The molecule has 3 heteroatoms. The van der Waals surface area contributed by atoms with Crippen molar-refractivity contribution in [2.24, 2.45) is 4.99 Å². The molecule has 1 aromatic rings. The SMILES string of the molecule is C1=Nc2cnccc2[N]1. The van der Waals surface area contributed by atoms with Gasteiger partial charge in [0.2, 0.25) is 0 Å². The van der Waals surface area contributed by atoms with E-state index in [0.717, 1.165) is 11.4 Å². The van der Waals surface area contributed by atoms with Crippen molar-refractivity contribution in [3.8, 4) is 0 Å². The zero-order valence-electron chi connectivity index (χ0n) is 4.65. The van der Waals surface area contributed by atoms with Crippen LogP contribution in [0, 0.1) is 0 Å². The summed E-state index contributed by atoms with van der Waals surface area (Å²) in [5.41, 5.74) is 1.77. The summed E-state index contributed by atoms with van der Waals surface area (Å²) in [6, 6.07) is 1.84. The molecule has 1 aliphatic heterocycles. The molecule has 1 radical (unpaired) electrons. The molecule has 1 aliphatic rings. The monoisotopic (exact) mass is 118 g/mol. The van der Waals surface area contributed by atoms with Gasteiger partial charge in [-0.1, -0.05) is 0 Å². The highest BCUT2D eigenvalue weighted by atomic mass is 15.0. The van der Waals surface area contributed by atoms with Crippen molar-refractivity contribution in [2.75, 3.05) is 0 Å². The molecule has 0 spiro atoms. The minimum absolute atomic E-state index is 0.859. The van der Waals surface area contributed by atoms with Crippen LogP contribution in [0.15, 0.2) is 23.5 Å². The molecule has 3 nitrogen and oxygen atoms in total. The molecule has 0 fully saturated rings. The second-order valence-corrected chi connectivity index (χ2v) is 1.74. The average Bonchev–Trinajstić information content (AvgIpc) is 2.33. The maximum absolute atomic E-state index is 3.97. The van der Waals surface area contributed by atoms with Crippen molar-refractivity contribution in [1.29, 1.82) is 0 Å². The van der Waals surface area contributed by atoms with E-state index in [2.05, 4.69) is 15.3 Å². The maximum Gasteiger partial charge on any atom is 0.116 e. The highest BCUT2D eigenvalue weighted by Crippen LogP contribution is 2.25. The van der Waals surface area contributed by atoms with Crippen LogP contribution in [0.3, 0.4) is 0 Å². The summed E-state index contributed by atoms with van der Waals surface area (Å²) in [7, 11) is 0. The summed E-state index contributed by atoms with van der Waals surface area (Å²) in [6.45, 7) is 0. The van der Waals surface area contributed by atoms with Crippen molar-refractivity contribution < 1.29 is 0 Å². The van der Waals surface area contributed by atoms with Crippen LogP contribution >= 0.6 is 0 Å². The fourth-order valence-corrected chi connectivity index (χ4v) is 0.741. The van der Waals surface area contributed by atoms with E-state index in [-0.39, 0.29) is 0 Å². The van der Waals surface area contributed by atoms with Crippen molar-refractivity contribution in [3.63, 3.8) is 0 Å². The molecule has 43 valence electrons. The van der Waals surface area contributed by atoms with Gasteiger partial charge in [-0.15, -0.1) is 0 Å². The van der Waals surface area contributed by atoms with Crippen LogP contribution in [0.2, 0.25) is 0 Å². The van der Waals surface area contributed by atoms with Crippen LogP contribution in [0.25, 0.3) is 0 Å². The molecular formula is C6H4N3. The Morgan fingerprint density at radius 3 is 3.11 bits per heavy atom. The second-order valence-electron chi connectivity index (χ2n) is 1.74. The van der Waals surface area contributed by atoms with Gasteiger partial charge < -0.3 is 0 Å². The van der Waals surface area contributed by atoms with E-state index in [1.54, 1.807) is 12.4 Å². The van der Waals surface area contributed by atoms with Crippen molar-refractivity contribution in [1.82, 2.24) is 10.3 Å². The van der Waals surface area contributed by atoms with Gasteiger partial charge in [-0.2, -0.15) is 0 Å². The number of aromatic nitrogens is 1. The Bertz CT molecular complexity index is 254. The van der Waals surface area contributed by atoms with E-state index >= 15 is 0 Å². The first-order valence-corrected chi connectivity index (χ1v) is 2.64. The molecular weight excluding hydrogens is 114 g/mol. The smallest absolute Gasteiger partial charge is 0.116 e. The molecule has 0 bridgehead atoms. The molecule has 2 rings (SSSR count). The minimum Gasteiger partial charge on any atom is -0.262 e. The number of pyridine rings is 1. The summed E-state index contributed by atoms with van der Waals surface area (Å²) >= 11 is 0. The van der Waals surface area contributed by atoms with E-state index in [1.807, 2.05) is 6.07 Å². The van der Waals surface area contributed by atoms with Gasteiger partial charge in [0.15, 0.2) is 0 Å². The largest absolute Gasteiger partial charge is 0.262 e.